The van der Waals surface area contributed by atoms with Crippen LogP contribution in [0.15, 0.2) is 40.6 Å². The number of piperidine rings is 1. The maximum Gasteiger partial charge on any atom is 0.258 e. The predicted octanol–water partition coefficient (Wildman–Crippen LogP) is 2.72. The summed E-state index contributed by atoms with van der Waals surface area (Å²) in [6, 6.07) is 3.77. The van der Waals surface area contributed by atoms with E-state index in [0.717, 1.165) is 50.0 Å². The summed E-state index contributed by atoms with van der Waals surface area (Å²) < 4.78 is 0. The maximum absolute atomic E-state index is 13.2. The second kappa shape index (κ2) is 6.89. The highest BCUT2D eigenvalue weighted by molar-refractivity contribution is 6.00. The fourth-order valence-corrected chi connectivity index (χ4v) is 4.58. The first kappa shape index (κ1) is 17.2. The van der Waals surface area contributed by atoms with Crippen LogP contribution < -0.4 is 15.8 Å². The van der Waals surface area contributed by atoms with Gasteiger partial charge < -0.3 is 10.2 Å². The van der Waals surface area contributed by atoms with Crippen LogP contribution >= 0.6 is 0 Å². The molecular weight excluding hydrogens is 354 g/mol. The highest BCUT2D eigenvalue weighted by Gasteiger charge is 2.38. The van der Waals surface area contributed by atoms with Gasteiger partial charge >= 0.3 is 0 Å². The number of nitrogens with zero attached hydrogens (tertiary/aromatic N) is 3. The minimum absolute atomic E-state index is 0.104. The maximum atomic E-state index is 13.2. The molecule has 1 unspecified atom stereocenters. The number of Topliss-reactive ketones (excluding diaryl/α,β-unsaturated/α-hetero) is 1. The summed E-state index contributed by atoms with van der Waals surface area (Å²) >= 11 is 0. The van der Waals surface area contributed by atoms with Crippen LogP contribution in [0, 0.1) is 0 Å². The van der Waals surface area contributed by atoms with Gasteiger partial charge in [-0.3, -0.25) is 19.6 Å². The van der Waals surface area contributed by atoms with E-state index in [1.54, 1.807) is 12.4 Å². The van der Waals surface area contributed by atoms with Crippen molar-refractivity contribution in [2.75, 3.05) is 23.3 Å². The van der Waals surface area contributed by atoms with E-state index < -0.39 is 5.92 Å². The summed E-state index contributed by atoms with van der Waals surface area (Å²) in [7, 11) is 0. The number of aromatic amines is 1. The molecule has 2 aromatic heterocycles. The van der Waals surface area contributed by atoms with Gasteiger partial charge in [0.25, 0.3) is 5.56 Å². The number of nitrogens with one attached hydrogen (secondary N) is 2. The quantitative estimate of drug-likeness (QED) is 0.836. The van der Waals surface area contributed by atoms with Crippen molar-refractivity contribution in [1.82, 2.24) is 15.0 Å². The van der Waals surface area contributed by atoms with Gasteiger partial charge in [-0.15, -0.1) is 0 Å². The Kier molecular flexibility index (Phi) is 4.22. The van der Waals surface area contributed by atoms with E-state index in [1.807, 2.05) is 12.1 Å². The lowest BCUT2D eigenvalue weighted by molar-refractivity contribution is -0.116. The molecule has 0 spiro atoms. The monoisotopic (exact) mass is 377 g/mol. The molecule has 1 saturated heterocycles. The lowest BCUT2D eigenvalue weighted by Gasteiger charge is -2.34. The molecule has 4 heterocycles. The molecule has 5 rings (SSSR count). The number of carbonyl (C=O) groups excluding carboxylic acids is 1. The lowest BCUT2D eigenvalue weighted by atomic mass is 9.77. The fourth-order valence-electron chi connectivity index (χ4n) is 4.58. The van der Waals surface area contributed by atoms with Crippen LogP contribution in [-0.2, 0) is 4.79 Å². The van der Waals surface area contributed by atoms with Crippen LogP contribution in [-0.4, -0.2) is 33.8 Å². The molecule has 1 fully saturated rings. The van der Waals surface area contributed by atoms with Crippen LogP contribution in [0.3, 0.4) is 0 Å². The Morgan fingerprint density at radius 1 is 1.07 bits per heavy atom. The number of allylic oxidation sites excluding steroid dienone is 2. The molecule has 28 heavy (non-hydrogen) atoms. The number of hydrogen-bond donors (Lipinski definition) is 2. The highest BCUT2D eigenvalue weighted by atomic mass is 16.1. The van der Waals surface area contributed by atoms with E-state index in [-0.39, 0.29) is 11.3 Å². The Balaban J connectivity index is 1.67. The number of H-pyrrole nitrogens is 1. The van der Waals surface area contributed by atoms with E-state index >= 15 is 0 Å². The average molecular weight is 377 g/mol. The van der Waals surface area contributed by atoms with Crippen molar-refractivity contribution in [3.05, 3.63) is 57.3 Å². The molecular formula is C21H23N5O2. The number of anilines is 2. The van der Waals surface area contributed by atoms with Gasteiger partial charge in [0.2, 0.25) is 5.95 Å². The minimum Gasteiger partial charge on any atom is -0.343 e. The Morgan fingerprint density at radius 2 is 1.93 bits per heavy atom. The zero-order valence-corrected chi connectivity index (χ0v) is 15.7. The third-order valence-corrected chi connectivity index (χ3v) is 5.92. The van der Waals surface area contributed by atoms with E-state index in [9.17, 15) is 9.59 Å². The van der Waals surface area contributed by atoms with Gasteiger partial charge in [-0.05, 0) is 43.7 Å². The molecule has 3 aliphatic rings. The van der Waals surface area contributed by atoms with Gasteiger partial charge in [0.1, 0.15) is 5.82 Å². The van der Waals surface area contributed by atoms with Crippen LogP contribution in [0.4, 0.5) is 11.8 Å². The number of ketones is 1. The van der Waals surface area contributed by atoms with Crippen molar-refractivity contribution in [2.45, 2.75) is 44.4 Å². The molecule has 7 nitrogen and oxygen atoms in total. The molecule has 0 saturated carbocycles. The van der Waals surface area contributed by atoms with E-state index in [0.29, 0.717) is 29.3 Å². The SMILES string of the molecule is O=C1CCCC2=C1C(c1cccnc1)c1c(nc(N3CCCCC3)[nH]c1=O)N2. The fraction of sp³-hybridized carbons (Fsp3) is 0.429. The standard InChI is InChI=1S/C21H23N5O2/c27-15-8-4-7-14-17(15)16(13-6-5-9-22-12-13)18-19(23-14)24-21(25-20(18)28)26-10-2-1-3-11-26/h5-6,9,12,16H,1-4,7-8,10-11H2,(H2,23,24,25,28). The van der Waals surface area contributed by atoms with Crippen molar-refractivity contribution < 1.29 is 4.79 Å². The van der Waals surface area contributed by atoms with E-state index in [1.165, 1.54) is 6.42 Å². The summed E-state index contributed by atoms with van der Waals surface area (Å²) in [6.07, 6.45) is 9.00. The van der Waals surface area contributed by atoms with Crippen molar-refractivity contribution >= 4 is 17.5 Å². The zero-order valence-electron chi connectivity index (χ0n) is 15.7. The molecule has 2 aromatic rings. The summed E-state index contributed by atoms with van der Waals surface area (Å²) in [5.41, 5.74) is 2.79. The smallest absolute Gasteiger partial charge is 0.258 e. The van der Waals surface area contributed by atoms with Crippen LogP contribution in [0.25, 0.3) is 0 Å². The van der Waals surface area contributed by atoms with Gasteiger partial charge in [0, 0.05) is 49.1 Å². The Bertz CT molecular complexity index is 1010. The number of hydrogen-bond acceptors (Lipinski definition) is 6. The number of aromatic nitrogens is 3. The zero-order chi connectivity index (χ0) is 19.1. The minimum atomic E-state index is -0.417. The largest absolute Gasteiger partial charge is 0.343 e. The second-order valence-corrected chi connectivity index (χ2v) is 7.71. The Labute approximate surface area is 162 Å². The molecule has 2 N–H and O–H groups in total. The van der Waals surface area contributed by atoms with E-state index in [4.69, 9.17) is 4.98 Å². The van der Waals surface area contributed by atoms with Crippen molar-refractivity contribution in [1.29, 1.82) is 0 Å². The summed E-state index contributed by atoms with van der Waals surface area (Å²) in [6.45, 7) is 1.81. The normalized spacial score (nSPS) is 21.8. The Hall–Kier alpha value is -2.96. The van der Waals surface area contributed by atoms with Gasteiger partial charge in [-0.1, -0.05) is 6.07 Å². The first-order valence-electron chi connectivity index (χ1n) is 10.0. The van der Waals surface area contributed by atoms with Crippen LogP contribution in [0.1, 0.15) is 55.6 Å². The van der Waals surface area contributed by atoms with Gasteiger partial charge in [-0.25, -0.2) is 0 Å². The lowest BCUT2D eigenvalue weighted by Crippen LogP contribution is -2.36. The summed E-state index contributed by atoms with van der Waals surface area (Å²) in [4.78, 5) is 40.1. The van der Waals surface area contributed by atoms with Crippen molar-refractivity contribution in [3.63, 3.8) is 0 Å². The topological polar surface area (TPSA) is 91.0 Å². The molecule has 7 heteroatoms. The van der Waals surface area contributed by atoms with Gasteiger partial charge in [-0.2, -0.15) is 4.98 Å². The summed E-state index contributed by atoms with van der Waals surface area (Å²) in [5.74, 6) is 0.880. The third-order valence-electron chi connectivity index (χ3n) is 5.92. The average Bonchev–Trinajstić information content (AvgIpc) is 2.73. The molecule has 0 radical (unpaired) electrons. The number of pyridine rings is 1. The molecule has 1 atom stereocenters. The van der Waals surface area contributed by atoms with Gasteiger partial charge in [0.15, 0.2) is 5.78 Å². The number of rotatable bonds is 2. The molecule has 1 aliphatic carbocycles. The summed E-state index contributed by atoms with van der Waals surface area (Å²) in [5, 5.41) is 3.33. The van der Waals surface area contributed by atoms with Crippen molar-refractivity contribution in [2.24, 2.45) is 0 Å². The van der Waals surface area contributed by atoms with Crippen LogP contribution in [0.2, 0.25) is 0 Å². The number of carbonyl (C=O) groups is 1. The van der Waals surface area contributed by atoms with E-state index in [2.05, 4.69) is 20.2 Å². The Morgan fingerprint density at radius 3 is 2.71 bits per heavy atom. The molecule has 0 amide bonds. The molecule has 0 aromatic carbocycles. The van der Waals surface area contributed by atoms with Crippen LogP contribution in [0.5, 0.6) is 0 Å². The highest BCUT2D eigenvalue weighted by Crippen LogP contribution is 2.43. The first-order chi connectivity index (χ1) is 13.7. The predicted molar refractivity (Wildman–Crippen MR) is 107 cm³/mol. The number of fused-ring (bicyclic) bond motifs is 1. The second-order valence-electron chi connectivity index (χ2n) is 7.71. The first-order valence-corrected chi connectivity index (χ1v) is 10.0. The third kappa shape index (κ3) is 2.82. The molecule has 0 bridgehead atoms. The van der Waals surface area contributed by atoms with Crippen molar-refractivity contribution in [3.8, 4) is 0 Å². The molecule has 2 aliphatic heterocycles. The molecule has 144 valence electrons. The van der Waals surface area contributed by atoms with Gasteiger partial charge in [0.05, 0.1) is 5.56 Å².